The second kappa shape index (κ2) is 8.52. The molecule has 1 saturated heterocycles. The molecule has 0 aliphatic carbocycles. The Bertz CT molecular complexity index is 824. The highest BCUT2D eigenvalue weighted by Gasteiger charge is 2.21. The van der Waals surface area contributed by atoms with E-state index in [1.54, 1.807) is 0 Å². The van der Waals surface area contributed by atoms with Gasteiger partial charge in [-0.15, -0.1) is 0 Å². The molecule has 0 bridgehead atoms. The summed E-state index contributed by atoms with van der Waals surface area (Å²) in [6.45, 7) is 4.99. The highest BCUT2D eigenvalue weighted by atomic mass is 32.2. The Morgan fingerprint density at radius 2 is 1.73 bits per heavy atom. The maximum atomic E-state index is 11.7. The van der Waals surface area contributed by atoms with E-state index in [-0.39, 0.29) is 5.91 Å². The number of benzene rings is 2. The van der Waals surface area contributed by atoms with Gasteiger partial charge in [0, 0.05) is 0 Å². The number of ether oxygens (including phenoxy) is 1. The van der Waals surface area contributed by atoms with Gasteiger partial charge in [0.1, 0.15) is 16.7 Å². The third kappa shape index (κ3) is 5.19. The van der Waals surface area contributed by atoms with Crippen molar-refractivity contribution in [2.45, 2.75) is 26.9 Å². The van der Waals surface area contributed by atoms with Crippen LogP contribution in [0.25, 0.3) is 6.08 Å². The molecule has 2 aromatic carbocycles. The van der Waals surface area contributed by atoms with Crippen molar-refractivity contribution in [1.29, 1.82) is 0 Å². The number of carbonyl (C=O) groups excluding carboxylic acids is 1. The summed E-state index contributed by atoms with van der Waals surface area (Å²) < 4.78 is 6.35. The number of amides is 1. The largest absolute Gasteiger partial charge is 0.489 e. The van der Waals surface area contributed by atoms with Crippen molar-refractivity contribution < 1.29 is 9.53 Å². The first-order chi connectivity index (χ1) is 12.5. The van der Waals surface area contributed by atoms with Crippen molar-refractivity contribution in [3.8, 4) is 5.75 Å². The van der Waals surface area contributed by atoms with Gasteiger partial charge in [0.25, 0.3) is 5.91 Å². The molecule has 1 N–H and O–H groups in total. The highest BCUT2D eigenvalue weighted by Crippen LogP contribution is 2.26. The van der Waals surface area contributed by atoms with Gasteiger partial charge in [-0.1, -0.05) is 74.2 Å². The highest BCUT2D eigenvalue weighted by molar-refractivity contribution is 8.26. The van der Waals surface area contributed by atoms with Crippen LogP contribution in [0.2, 0.25) is 0 Å². The van der Waals surface area contributed by atoms with E-state index in [0.717, 1.165) is 23.3 Å². The molecule has 1 heterocycles. The van der Waals surface area contributed by atoms with Gasteiger partial charge >= 0.3 is 0 Å². The maximum Gasteiger partial charge on any atom is 0.263 e. The van der Waals surface area contributed by atoms with Crippen LogP contribution in [0.4, 0.5) is 0 Å². The fraction of sp³-hybridized carbons (Fsp3) is 0.238. The molecule has 0 aromatic heterocycles. The molecule has 5 heteroatoms. The maximum absolute atomic E-state index is 11.7. The van der Waals surface area contributed by atoms with Crippen LogP contribution < -0.4 is 10.1 Å². The molecule has 0 saturated carbocycles. The molecule has 0 atom stereocenters. The fourth-order valence-corrected chi connectivity index (χ4v) is 3.69. The quantitative estimate of drug-likeness (QED) is 0.566. The number of nitrogens with one attached hydrogen (secondary N) is 1. The number of rotatable bonds is 6. The van der Waals surface area contributed by atoms with Crippen molar-refractivity contribution in [3.05, 3.63) is 70.1 Å². The first kappa shape index (κ1) is 18.7. The molecule has 2 aromatic rings. The van der Waals surface area contributed by atoms with Crippen molar-refractivity contribution in [3.63, 3.8) is 0 Å². The molecule has 26 heavy (non-hydrogen) atoms. The molecule has 1 aliphatic heterocycles. The van der Waals surface area contributed by atoms with Crippen molar-refractivity contribution in [1.82, 2.24) is 5.32 Å². The summed E-state index contributed by atoms with van der Waals surface area (Å²) in [6.07, 6.45) is 2.93. The zero-order chi connectivity index (χ0) is 18.5. The SMILES string of the molecule is CC(C)Cc1ccc(COc2ccc(C=C3SC(=S)NC3=O)cc2)cc1. The Hall–Kier alpha value is -2.11. The number of thioether (sulfide) groups is 1. The minimum absolute atomic E-state index is 0.138. The van der Waals surface area contributed by atoms with Gasteiger partial charge in [0.2, 0.25) is 0 Å². The molecule has 1 fully saturated rings. The molecule has 1 aliphatic rings. The normalized spacial score (nSPS) is 15.6. The predicted molar refractivity (Wildman–Crippen MR) is 112 cm³/mol. The molecule has 0 unspecified atom stereocenters. The molecular weight excluding hydrogens is 362 g/mol. The van der Waals surface area contributed by atoms with Crippen molar-refractivity contribution in [2.24, 2.45) is 5.92 Å². The second-order valence-electron chi connectivity index (χ2n) is 6.62. The monoisotopic (exact) mass is 383 g/mol. The van der Waals surface area contributed by atoms with E-state index < -0.39 is 0 Å². The molecule has 0 spiro atoms. The molecule has 3 nitrogen and oxygen atoms in total. The van der Waals surface area contributed by atoms with Crippen LogP contribution in [0, 0.1) is 5.92 Å². The Kier molecular flexibility index (Phi) is 6.12. The summed E-state index contributed by atoms with van der Waals surface area (Å²) in [5.41, 5.74) is 3.45. The standard InChI is InChI=1S/C21H21NO2S2/c1-14(2)11-15-3-5-17(6-4-15)13-24-18-9-7-16(8-10-18)12-19-20(23)22-21(25)26-19/h3-10,12,14H,11,13H2,1-2H3,(H,22,23,25). The van der Waals surface area contributed by atoms with Gasteiger partial charge < -0.3 is 10.1 Å². The Labute approximate surface area is 163 Å². The molecular formula is C21H21NO2S2. The van der Waals surface area contributed by atoms with E-state index in [4.69, 9.17) is 17.0 Å². The average Bonchev–Trinajstić information content (AvgIpc) is 2.92. The molecule has 0 radical (unpaired) electrons. The lowest BCUT2D eigenvalue weighted by Gasteiger charge is -2.09. The summed E-state index contributed by atoms with van der Waals surface area (Å²) in [5, 5.41) is 2.61. The zero-order valence-corrected chi connectivity index (χ0v) is 16.5. The van der Waals surface area contributed by atoms with E-state index >= 15 is 0 Å². The summed E-state index contributed by atoms with van der Waals surface area (Å²) in [5.74, 6) is 1.33. The third-order valence-corrected chi connectivity index (χ3v) is 5.06. The van der Waals surface area contributed by atoms with E-state index in [2.05, 4.69) is 43.4 Å². The van der Waals surface area contributed by atoms with E-state index in [1.165, 1.54) is 17.3 Å². The number of carbonyl (C=O) groups is 1. The van der Waals surface area contributed by atoms with E-state index in [0.29, 0.717) is 21.8 Å². The topological polar surface area (TPSA) is 38.3 Å². The number of hydrogen-bond donors (Lipinski definition) is 1. The van der Waals surface area contributed by atoms with Gasteiger partial charge in [0.05, 0.1) is 4.91 Å². The molecule has 1 amide bonds. The van der Waals surface area contributed by atoms with Gasteiger partial charge in [-0.3, -0.25) is 4.79 Å². The van der Waals surface area contributed by atoms with Crippen molar-refractivity contribution in [2.75, 3.05) is 0 Å². The third-order valence-electron chi connectivity index (χ3n) is 3.89. The van der Waals surface area contributed by atoms with Gasteiger partial charge in [-0.05, 0) is 47.2 Å². The van der Waals surface area contributed by atoms with Crippen LogP contribution in [0.15, 0.2) is 53.4 Å². The summed E-state index contributed by atoms with van der Waals surface area (Å²) >= 11 is 6.28. The first-order valence-corrected chi connectivity index (χ1v) is 9.77. The fourth-order valence-electron chi connectivity index (χ4n) is 2.64. The van der Waals surface area contributed by atoms with Crippen LogP contribution in [-0.2, 0) is 17.8 Å². The molecule has 3 rings (SSSR count). The summed E-state index contributed by atoms with van der Waals surface area (Å²) in [7, 11) is 0. The Morgan fingerprint density at radius 3 is 2.31 bits per heavy atom. The van der Waals surface area contributed by atoms with E-state index in [1.807, 2.05) is 30.3 Å². The number of thiocarbonyl (C=S) groups is 1. The van der Waals surface area contributed by atoms with Crippen LogP contribution in [0.1, 0.15) is 30.5 Å². The zero-order valence-electron chi connectivity index (χ0n) is 14.8. The van der Waals surface area contributed by atoms with Crippen molar-refractivity contribution >= 4 is 40.3 Å². The van der Waals surface area contributed by atoms with E-state index in [9.17, 15) is 4.79 Å². The predicted octanol–water partition coefficient (Wildman–Crippen LogP) is 4.95. The first-order valence-electron chi connectivity index (χ1n) is 8.55. The summed E-state index contributed by atoms with van der Waals surface area (Å²) in [6, 6.07) is 16.3. The lowest BCUT2D eigenvalue weighted by atomic mass is 10.0. The smallest absolute Gasteiger partial charge is 0.263 e. The van der Waals surface area contributed by atoms with Gasteiger partial charge in [-0.2, -0.15) is 0 Å². The van der Waals surface area contributed by atoms with Crippen LogP contribution in [-0.4, -0.2) is 10.2 Å². The number of hydrogen-bond acceptors (Lipinski definition) is 4. The second-order valence-corrected chi connectivity index (χ2v) is 8.34. The van der Waals surface area contributed by atoms with Crippen LogP contribution in [0.3, 0.4) is 0 Å². The average molecular weight is 384 g/mol. The van der Waals surface area contributed by atoms with Crippen LogP contribution in [0.5, 0.6) is 5.75 Å². The minimum Gasteiger partial charge on any atom is -0.489 e. The summed E-state index contributed by atoms with van der Waals surface area (Å²) in [4.78, 5) is 12.3. The lowest BCUT2D eigenvalue weighted by Crippen LogP contribution is -2.17. The molecule has 134 valence electrons. The van der Waals surface area contributed by atoms with Crippen LogP contribution >= 0.6 is 24.0 Å². The Morgan fingerprint density at radius 1 is 1.08 bits per heavy atom. The van der Waals surface area contributed by atoms with Gasteiger partial charge in [-0.25, -0.2) is 0 Å². The minimum atomic E-state index is -0.138. The Balaban J connectivity index is 1.57. The van der Waals surface area contributed by atoms with Gasteiger partial charge in [0.15, 0.2) is 0 Å². The lowest BCUT2D eigenvalue weighted by molar-refractivity contribution is -0.115.